The fourth-order valence-corrected chi connectivity index (χ4v) is 2.97. The molecule has 3 rings (SSSR count). The van der Waals surface area contributed by atoms with Crippen LogP contribution in [0, 0.1) is 13.8 Å². The maximum absolute atomic E-state index is 4.56. The lowest BCUT2D eigenvalue weighted by molar-refractivity contribution is 0.439. The molecule has 3 heterocycles. The molecular weight excluding hydrogens is 234 g/mol. The summed E-state index contributed by atoms with van der Waals surface area (Å²) < 4.78 is 2.18. The Morgan fingerprint density at radius 3 is 2.88 bits per heavy atom. The zero-order valence-electron chi connectivity index (χ0n) is 10.2. The molecule has 0 saturated carbocycles. The maximum atomic E-state index is 4.56. The number of fused-ring (bicyclic) bond motifs is 1. The van der Waals surface area contributed by atoms with E-state index in [9.17, 15) is 0 Å². The Labute approximate surface area is 104 Å². The topological polar surface area (TPSA) is 55.6 Å². The molecule has 2 aromatic heterocycles. The van der Waals surface area contributed by atoms with Crippen LogP contribution >= 0.6 is 11.3 Å². The molecule has 0 spiro atoms. The second-order valence-electron chi connectivity index (χ2n) is 4.37. The molecule has 1 aliphatic heterocycles. The molecule has 1 atom stereocenters. The number of hydrogen-bond acceptors (Lipinski definition) is 5. The molecule has 0 radical (unpaired) electrons. The Morgan fingerprint density at radius 2 is 2.18 bits per heavy atom. The summed E-state index contributed by atoms with van der Waals surface area (Å²) in [6.07, 6.45) is 0. The predicted molar refractivity (Wildman–Crippen MR) is 67.0 cm³/mol. The highest BCUT2D eigenvalue weighted by Crippen LogP contribution is 2.28. The third-order valence-corrected chi connectivity index (χ3v) is 4.24. The van der Waals surface area contributed by atoms with Crippen LogP contribution in [-0.4, -0.2) is 26.3 Å². The molecule has 0 saturated heterocycles. The monoisotopic (exact) mass is 249 g/mol. The van der Waals surface area contributed by atoms with Crippen LogP contribution in [0.2, 0.25) is 0 Å². The third kappa shape index (κ3) is 1.68. The quantitative estimate of drug-likeness (QED) is 0.835. The van der Waals surface area contributed by atoms with Crippen molar-refractivity contribution in [2.45, 2.75) is 33.4 Å². The second-order valence-corrected chi connectivity index (χ2v) is 5.57. The van der Waals surface area contributed by atoms with Gasteiger partial charge in [-0.25, -0.2) is 4.98 Å². The van der Waals surface area contributed by atoms with Crippen molar-refractivity contribution in [3.05, 3.63) is 16.4 Å². The van der Waals surface area contributed by atoms with Gasteiger partial charge in [0.15, 0.2) is 10.8 Å². The summed E-state index contributed by atoms with van der Waals surface area (Å²) in [4.78, 5) is 5.81. The summed E-state index contributed by atoms with van der Waals surface area (Å²) in [5.74, 6) is 1.92. The number of nitrogens with zero attached hydrogens (tertiary/aromatic N) is 4. The van der Waals surface area contributed by atoms with Crippen molar-refractivity contribution < 1.29 is 0 Å². The average Bonchev–Trinajstić information content (AvgIpc) is 2.85. The SMILES string of the molecule is Cc1nc(-c2nnc3n2CCNC3C)sc1C. The van der Waals surface area contributed by atoms with E-state index in [2.05, 4.69) is 38.9 Å². The van der Waals surface area contributed by atoms with E-state index in [1.165, 1.54) is 4.88 Å². The zero-order valence-corrected chi connectivity index (χ0v) is 11.0. The Hall–Kier alpha value is -1.27. The van der Waals surface area contributed by atoms with Gasteiger partial charge in [0.2, 0.25) is 0 Å². The second kappa shape index (κ2) is 3.89. The molecule has 17 heavy (non-hydrogen) atoms. The Morgan fingerprint density at radius 1 is 1.35 bits per heavy atom. The Balaban J connectivity index is 2.10. The standard InChI is InChI=1S/C11H15N5S/c1-6-8(3)17-11(13-6)10-15-14-9-7(2)12-4-5-16(9)10/h7,12H,4-5H2,1-3H3. The van der Waals surface area contributed by atoms with E-state index in [1.54, 1.807) is 11.3 Å². The first-order valence-corrected chi connectivity index (χ1v) is 6.59. The van der Waals surface area contributed by atoms with Gasteiger partial charge in [-0.05, 0) is 20.8 Å². The Bertz CT molecular complexity index is 537. The summed E-state index contributed by atoms with van der Waals surface area (Å²) in [5, 5.41) is 12.9. The molecule has 0 bridgehead atoms. The molecule has 2 aromatic rings. The number of aryl methyl sites for hydroxylation is 2. The smallest absolute Gasteiger partial charge is 0.193 e. The lowest BCUT2D eigenvalue weighted by atomic mass is 10.2. The third-order valence-electron chi connectivity index (χ3n) is 3.17. The van der Waals surface area contributed by atoms with Gasteiger partial charge in [-0.15, -0.1) is 21.5 Å². The van der Waals surface area contributed by atoms with Gasteiger partial charge >= 0.3 is 0 Å². The molecule has 0 fully saturated rings. The van der Waals surface area contributed by atoms with E-state index in [4.69, 9.17) is 0 Å². The molecule has 6 heteroatoms. The minimum Gasteiger partial charge on any atom is -0.306 e. The largest absolute Gasteiger partial charge is 0.306 e. The summed E-state index contributed by atoms with van der Waals surface area (Å²) in [6.45, 7) is 8.12. The van der Waals surface area contributed by atoms with Crippen LogP contribution in [0.4, 0.5) is 0 Å². The molecule has 0 amide bonds. The van der Waals surface area contributed by atoms with Gasteiger partial charge < -0.3 is 9.88 Å². The van der Waals surface area contributed by atoms with Crippen molar-refractivity contribution in [2.75, 3.05) is 6.54 Å². The fourth-order valence-electron chi connectivity index (χ4n) is 2.07. The summed E-state index contributed by atoms with van der Waals surface area (Å²) >= 11 is 1.69. The van der Waals surface area contributed by atoms with Crippen molar-refractivity contribution in [2.24, 2.45) is 0 Å². The molecular formula is C11H15N5S. The van der Waals surface area contributed by atoms with Gasteiger partial charge in [0.05, 0.1) is 11.7 Å². The van der Waals surface area contributed by atoms with E-state index >= 15 is 0 Å². The predicted octanol–water partition coefficient (Wildman–Crippen LogP) is 1.68. The fraction of sp³-hybridized carbons (Fsp3) is 0.545. The molecule has 5 nitrogen and oxygen atoms in total. The highest BCUT2D eigenvalue weighted by Gasteiger charge is 2.23. The van der Waals surface area contributed by atoms with Gasteiger partial charge in [0.1, 0.15) is 5.82 Å². The van der Waals surface area contributed by atoms with E-state index in [1.807, 2.05) is 6.92 Å². The number of rotatable bonds is 1. The normalized spacial score (nSPS) is 19.4. The zero-order chi connectivity index (χ0) is 12.0. The summed E-state index contributed by atoms with van der Waals surface area (Å²) in [6, 6.07) is 0.271. The van der Waals surface area contributed by atoms with Crippen LogP contribution < -0.4 is 5.32 Å². The van der Waals surface area contributed by atoms with Crippen molar-refractivity contribution >= 4 is 11.3 Å². The summed E-state index contributed by atoms with van der Waals surface area (Å²) in [5.41, 5.74) is 1.09. The number of thiazole rings is 1. The minimum absolute atomic E-state index is 0.271. The van der Waals surface area contributed by atoms with Crippen molar-refractivity contribution in [3.8, 4) is 10.8 Å². The van der Waals surface area contributed by atoms with Crippen LogP contribution in [-0.2, 0) is 6.54 Å². The van der Waals surface area contributed by atoms with Gasteiger partial charge in [-0.3, -0.25) is 0 Å². The van der Waals surface area contributed by atoms with Crippen LogP contribution in [0.1, 0.15) is 29.4 Å². The summed E-state index contributed by atoms with van der Waals surface area (Å²) in [7, 11) is 0. The minimum atomic E-state index is 0.271. The number of aromatic nitrogens is 4. The van der Waals surface area contributed by atoms with Crippen LogP contribution in [0.3, 0.4) is 0 Å². The molecule has 1 unspecified atom stereocenters. The first kappa shape index (κ1) is 10.9. The van der Waals surface area contributed by atoms with Gasteiger partial charge in [-0.1, -0.05) is 0 Å². The van der Waals surface area contributed by atoms with Crippen LogP contribution in [0.15, 0.2) is 0 Å². The lowest BCUT2D eigenvalue weighted by Gasteiger charge is -2.21. The van der Waals surface area contributed by atoms with Gasteiger partial charge in [0, 0.05) is 18.0 Å². The molecule has 1 aliphatic rings. The average molecular weight is 249 g/mol. The Kier molecular flexibility index (Phi) is 2.48. The first-order valence-electron chi connectivity index (χ1n) is 5.77. The van der Waals surface area contributed by atoms with Crippen molar-refractivity contribution in [1.82, 2.24) is 25.1 Å². The van der Waals surface area contributed by atoms with Crippen LogP contribution in [0.5, 0.6) is 0 Å². The van der Waals surface area contributed by atoms with Crippen LogP contribution in [0.25, 0.3) is 10.8 Å². The first-order chi connectivity index (χ1) is 8.16. The van der Waals surface area contributed by atoms with E-state index in [0.717, 1.165) is 35.4 Å². The van der Waals surface area contributed by atoms with Crippen molar-refractivity contribution in [1.29, 1.82) is 0 Å². The highest BCUT2D eigenvalue weighted by molar-refractivity contribution is 7.15. The number of nitrogens with one attached hydrogen (secondary N) is 1. The molecule has 0 aromatic carbocycles. The molecule has 1 N–H and O–H groups in total. The number of hydrogen-bond donors (Lipinski definition) is 1. The van der Waals surface area contributed by atoms with E-state index in [0.29, 0.717) is 0 Å². The lowest BCUT2D eigenvalue weighted by Crippen LogP contribution is -2.32. The van der Waals surface area contributed by atoms with E-state index in [-0.39, 0.29) is 6.04 Å². The van der Waals surface area contributed by atoms with Gasteiger partial charge in [0.25, 0.3) is 0 Å². The maximum Gasteiger partial charge on any atom is 0.193 e. The van der Waals surface area contributed by atoms with Gasteiger partial charge in [-0.2, -0.15) is 0 Å². The van der Waals surface area contributed by atoms with E-state index < -0.39 is 0 Å². The molecule has 90 valence electrons. The highest BCUT2D eigenvalue weighted by atomic mass is 32.1. The molecule has 0 aliphatic carbocycles. The van der Waals surface area contributed by atoms with Crippen molar-refractivity contribution in [3.63, 3.8) is 0 Å².